The largest absolute Gasteiger partial charge is 0.352 e. The maximum absolute atomic E-state index is 11.3. The molecule has 13 heavy (non-hydrogen) atoms. The first-order chi connectivity index (χ1) is 6.07. The van der Waals surface area contributed by atoms with Crippen LogP contribution in [0.1, 0.15) is 13.8 Å². The van der Waals surface area contributed by atoms with E-state index in [9.17, 15) is 4.79 Å². The highest BCUT2D eigenvalue weighted by Gasteiger charge is 2.12. The number of rotatable bonds is 6. The molecule has 2 unspecified atom stereocenters. The molecule has 0 saturated carbocycles. The molecule has 4 heteroatoms. The van der Waals surface area contributed by atoms with E-state index in [0.717, 1.165) is 5.75 Å². The summed E-state index contributed by atoms with van der Waals surface area (Å²) >= 11 is 1.57. The number of hydrogen-bond donors (Lipinski definition) is 2. The monoisotopic (exact) mass is 202 g/mol. The van der Waals surface area contributed by atoms with Gasteiger partial charge in [0.05, 0.1) is 5.25 Å². The number of carbonyl (C=O) groups excluding carboxylic acids is 1. The van der Waals surface area contributed by atoms with E-state index in [1.807, 2.05) is 13.8 Å². The molecular formula is C9H18N2OS. The Morgan fingerprint density at radius 1 is 1.69 bits per heavy atom. The molecule has 0 aliphatic heterocycles. The Morgan fingerprint density at radius 2 is 2.31 bits per heavy atom. The van der Waals surface area contributed by atoms with Gasteiger partial charge in [0.2, 0.25) is 5.91 Å². The molecule has 0 saturated heterocycles. The first kappa shape index (κ1) is 12.5. The molecule has 0 spiro atoms. The van der Waals surface area contributed by atoms with Crippen LogP contribution in [-0.4, -0.2) is 29.5 Å². The Morgan fingerprint density at radius 3 is 2.77 bits per heavy atom. The first-order valence-electron chi connectivity index (χ1n) is 4.33. The maximum atomic E-state index is 11.3. The molecule has 0 bridgehead atoms. The van der Waals surface area contributed by atoms with Crippen molar-refractivity contribution in [1.82, 2.24) is 5.32 Å². The molecule has 76 valence electrons. The second-order valence-electron chi connectivity index (χ2n) is 2.99. The SMILES string of the molecule is C=CCNC(=O)C(C)SCC(C)N. The van der Waals surface area contributed by atoms with Gasteiger partial charge in [-0.15, -0.1) is 18.3 Å². The third kappa shape index (κ3) is 6.66. The number of nitrogens with two attached hydrogens (primary N) is 1. The lowest BCUT2D eigenvalue weighted by molar-refractivity contribution is -0.120. The summed E-state index contributed by atoms with van der Waals surface area (Å²) in [6.45, 7) is 7.87. The fourth-order valence-electron chi connectivity index (χ4n) is 0.688. The Bertz CT molecular complexity index is 171. The predicted octanol–water partition coefficient (Wildman–Crippen LogP) is 0.757. The van der Waals surface area contributed by atoms with Crippen molar-refractivity contribution in [2.24, 2.45) is 5.73 Å². The lowest BCUT2D eigenvalue weighted by atomic mass is 10.4. The van der Waals surface area contributed by atoms with Gasteiger partial charge in [-0.05, 0) is 13.8 Å². The number of nitrogens with one attached hydrogen (secondary N) is 1. The van der Waals surface area contributed by atoms with E-state index in [1.54, 1.807) is 17.8 Å². The van der Waals surface area contributed by atoms with Gasteiger partial charge in [-0.25, -0.2) is 0 Å². The van der Waals surface area contributed by atoms with E-state index < -0.39 is 0 Å². The molecule has 0 aliphatic carbocycles. The van der Waals surface area contributed by atoms with E-state index in [-0.39, 0.29) is 17.2 Å². The lowest BCUT2D eigenvalue weighted by Crippen LogP contribution is -2.32. The summed E-state index contributed by atoms with van der Waals surface area (Å²) in [5.74, 6) is 0.855. The van der Waals surface area contributed by atoms with Gasteiger partial charge in [-0.2, -0.15) is 0 Å². The molecule has 3 nitrogen and oxygen atoms in total. The van der Waals surface area contributed by atoms with Gasteiger partial charge in [0, 0.05) is 18.3 Å². The fraction of sp³-hybridized carbons (Fsp3) is 0.667. The average Bonchev–Trinajstić information content (AvgIpc) is 2.10. The molecule has 0 fully saturated rings. The summed E-state index contributed by atoms with van der Waals surface area (Å²) in [6, 6.07) is 0.139. The van der Waals surface area contributed by atoms with Gasteiger partial charge >= 0.3 is 0 Å². The van der Waals surface area contributed by atoms with Crippen LogP contribution >= 0.6 is 11.8 Å². The number of carbonyl (C=O) groups is 1. The average molecular weight is 202 g/mol. The van der Waals surface area contributed by atoms with Crippen LogP contribution in [0.5, 0.6) is 0 Å². The standard InChI is InChI=1S/C9H18N2OS/c1-4-5-11-9(12)8(3)13-6-7(2)10/h4,7-8H,1,5-6,10H2,2-3H3,(H,11,12). The molecule has 0 aromatic rings. The van der Waals surface area contributed by atoms with Gasteiger partial charge in [0.25, 0.3) is 0 Å². The van der Waals surface area contributed by atoms with Crippen LogP contribution in [0.25, 0.3) is 0 Å². The highest BCUT2D eigenvalue weighted by molar-refractivity contribution is 8.00. The molecule has 0 aromatic carbocycles. The third-order valence-electron chi connectivity index (χ3n) is 1.40. The van der Waals surface area contributed by atoms with E-state index in [2.05, 4.69) is 11.9 Å². The summed E-state index contributed by atoms with van der Waals surface area (Å²) in [5.41, 5.74) is 5.57. The van der Waals surface area contributed by atoms with Crippen LogP contribution in [0.2, 0.25) is 0 Å². The van der Waals surface area contributed by atoms with E-state index in [0.29, 0.717) is 6.54 Å². The zero-order valence-electron chi connectivity index (χ0n) is 8.25. The number of hydrogen-bond acceptors (Lipinski definition) is 3. The van der Waals surface area contributed by atoms with Crippen LogP contribution in [-0.2, 0) is 4.79 Å². The van der Waals surface area contributed by atoms with Crippen molar-refractivity contribution in [2.45, 2.75) is 25.1 Å². The highest BCUT2D eigenvalue weighted by atomic mass is 32.2. The van der Waals surface area contributed by atoms with Crippen molar-refractivity contribution in [2.75, 3.05) is 12.3 Å². The highest BCUT2D eigenvalue weighted by Crippen LogP contribution is 2.10. The molecule has 2 atom stereocenters. The summed E-state index contributed by atoms with van der Waals surface area (Å²) in [6.07, 6.45) is 1.67. The third-order valence-corrected chi connectivity index (χ3v) is 2.83. The first-order valence-corrected chi connectivity index (χ1v) is 5.38. The summed E-state index contributed by atoms with van der Waals surface area (Å²) in [5, 5.41) is 2.70. The summed E-state index contributed by atoms with van der Waals surface area (Å²) in [4.78, 5) is 11.3. The van der Waals surface area contributed by atoms with E-state index in [1.165, 1.54) is 0 Å². The molecule has 0 heterocycles. The van der Waals surface area contributed by atoms with Crippen molar-refractivity contribution in [1.29, 1.82) is 0 Å². The van der Waals surface area contributed by atoms with Crippen LogP contribution in [0.15, 0.2) is 12.7 Å². The smallest absolute Gasteiger partial charge is 0.233 e. The molecule has 1 amide bonds. The van der Waals surface area contributed by atoms with Crippen molar-refractivity contribution >= 4 is 17.7 Å². The normalized spacial score (nSPS) is 14.7. The van der Waals surface area contributed by atoms with Gasteiger partial charge in [0.1, 0.15) is 0 Å². The van der Waals surface area contributed by atoms with E-state index >= 15 is 0 Å². The van der Waals surface area contributed by atoms with Crippen molar-refractivity contribution < 1.29 is 4.79 Å². The fourth-order valence-corrected chi connectivity index (χ4v) is 1.52. The molecule has 0 radical (unpaired) electrons. The van der Waals surface area contributed by atoms with Crippen LogP contribution < -0.4 is 11.1 Å². The van der Waals surface area contributed by atoms with Crippen LogP contribution in [0.4, 0.5) is 0 Å². The predicted molar refractivity (Wildman–Crippen MR) is 58.8 cm³/mol. The second-order valence-corrected chi connectivity index (χ2v) is 4.36. The van der Waals surface area contributed by atoms with Crippen LogP contribution in [0.3, 0.4) is 0 Å². The molecule has 0 aromatic heterocycles. The van der Waals surface area contributed by atoms with Gasteiger partial charge in [0.15, 0.2) is 0 Å². The van der Waals surface area contributed by atoms with Gasteiger partial charge < -0.3 is 11.1 Å². The molecule has 0 rings (SSSR count). The summed E-state index contributed by atoms with van der Waals surface area (Å²) in [7, 11) is 0. The Balaban J connectivity index is 3.62. The van der Waals surface area contributed by atoms with Crippen LogP contribution in [0, 0.1) is 0 Å². The zero-order chi connectivity index (χ0) is 10.3. The minimum atomic E-state index is -0.0362. The van der Waals surface area contributed by atoms with Crippen molar-refractivity contribution in [3.8, 4) is 0 Å². The van der Waals surface area contributed by atoms with Gasteiger partial charge in [-0.1, -0.05) is 6.08 Å². The molecular weight excluding hydrogens is 184 g/mol. The lowest BCUT2D eigenvalue weighted by Gasteiger charge is -2.11. The molecule has 3 N–H and O–H groups in total. The quantitative estimate of drug-likeness (QED) is 0.625. The number of thioether (sulfide) groups is 1. The van der Waals surface area contributed by atoms with E-state index in [4.69, 9.17) is 5.73 Å². The zero-order valence-corrected chi connectivity index (χ0v) is 9.06. The Kier molecular flexibility index (Phi) is 6.72. The topological polar surface area (TPSA) is 55.1 Å². The Labute approximate surface area is 84.1 Å². The maximum Gasteiger partial charge on any atom is 0.233 e. The minimum absolute atomic E-state index is 0.0362. The summed E-state index contributed by atoms with van der Waals surface area (Å²) < 4.78 is 0. The Hall–Kier alpha value is -0.480. The van der Waals surface area contributed by atoms with Gasteiger partial charge in [-0.3, -0.25) is 4.79 Å². The minimum Gasteiger partial charge on any atom is -0.352 e. The molecule has 0 aliphatic rings. The van der Waals surface area contributed by atoms with Crippen molar-refractivity contribution in [3.05, 3.63) is 12.7 Å². The second kappa shape index (κ2) is 6.97. The van der Waals surface area contributed by atoms with Crippen molar-refractivity contribution in [3.63, 3.8) is 0 Å². The number of amides is 1.